The Labute approximate surface area is 171 Å². The van der Waals surface area contributed by atoms with E-state index >= 15 is 0 Å². The summed E-state index contributed by atoms with van der Waals surface area (Å²) in [6, 6.07) is 24.5. The first-order valence-corrected chi connectivity index (χ1v) is 10.1. The van der Waals surface area contributed by atoms with Gasteiger partial charge in [0.1, 0.15) is 30.5 Å². The molecule has 148 valence electrons. The predicted octanol–water partition coefficient (Wildman–Crippen LogP) is 5.57. The predicted molar refractivity (Wildman–Crippen MR) is 117 cm³/mol. The van der Waals surface area contributed by atoms with Gasteiger partial charge in [0.15, 0.2) is 0 Å². The smallest absolute Gasteiger partial charge is 0.148 e. The molecule has 4 aromatic rings. The molecule has 0 saturated heterocycles. The van der Waals surface area contributed by atoms with E-state index in [0.29, 0.717) is 19.8 Å². The molecular formula is C25H26N2O2. The lowest BCUT2D eigenvalue weighted by molar-refractivity contribution is 0.271. The summed E-state index contributed by atoms with van der Waals surface area (Å²) < 4.78 is 14.2. The van der Waals surface area contributed by atoms with E-state index in [0.717, 1.165) is 40.3 Å². The number of imidazole rings is 1. The van der Waals surface area contributed by atoms with Crippen molar-refractivity contribution in [1.29, 1.82) is 0 Å². The summed E-state index contributed by atoms with van der Waals surface area (Å²) in [5, 5.41) is 0. The van der Waals surface area contributed by atoms with Crippen LogP contribution in [0, 0.1) is 6.92 Å². The molecule has 4 nitrogen and oxygen atoms in total. The highest BCUT2D eigenvalue weighted by molar-refractivity contribution is 5.75. The summed E-state index contributed by atoms with van der Waals surface area (Å²) in [6.45, 7) is 5.91. The molecule has 3 aromatic carbocycles. The summed E-state index contributed by atoms with van der Waals surface area (Å²) in [4.78, 5) is 4.79. The van der Waals surface area contributed by atoms with Crippen molar-refractivity contribution in [3.63, 3.8) is 0 Å². The molecule has 0 unspecified atom stereocenters. The first kappa shape index (κ1) is 19.1. The number of benzene rings is 3. The van der Waals surface area contributed by atoms with Crippen LogP contribution in [-0.4, -0.2) is 16.2 Å². The van der Waals surface area contributed by atoms with Gasteiger partial charge in [-0.1, -0.05) is 49.4 Å². The van der Waals surface area contributed by atoms with Crippen molar-refractivity contribution in [1.82, 2.24) is 9.55 Å². The van der Waals surface area contributed by atoms with E-state index in [4.69, 9.17) is 14.5 Å². The Morgan fingerprint density at radius 3 is 2.41 bits per heavy atom. The number of aryl methyl sites for hydroxylation is 2. The van der Waals surface area contributed by atoms with Crippen molar-refractivity contribution >= 4 is 11.0 Å². The first-order valence-electron chi connectivity index (χ1n) is 10.1. The fourth-order valence-corrected chi connectivity index (χ4v) is 3.42. The minimum atomic E-state index is 0.421. The van der Waals surface area contributed by atoms with E-state index in [2.05, 4.69) is 42.7 Å². The van der Waals surface area contributed by atoms with Crippen LogP contribution < -0.4 is 9.47 Å². The van der Waals surface area contributed by atoms with Crippen molar-refractivity contribution < 1.29 is 9.47 Å². The zero-order chi connectivity index (χ0) is 20.1. The van der Waals surface area contributed by atoms with E-state index < -0.39 is 0 Å². The highest BCUT2D eigenvalue weighted by Crippen LogP contribution is 2.21. The molecule has 0 fully saturated rings. The van der Waals surface area contributed by atoms with Crippen molar-refractivity contribution in [2.24, 2.45) is 0 Å². The summed E-state index contributed by atoms with van der Waals surface area (Å²) in [6.07, 6.45) is 1.03. The lowest BCUT2D eigenvalue weighted by Crippen LogP contribution is -2.13. The van der Waals surface area contributed by atoms with E-state index in [1.54, 1.807) is 0 Å². The topological polar surface area (TPSA) is 36.3 Å². The van der Waals surface area contributed by atoms with E-state index in [1.165, 1.54) is 5.56 Å². The summed E-state index contributed by atoms with van der Waals surface area (Å²) in [5.74, 6) is 2.68. The minimum Gasteiger partial charge on any atom is -0.492 e. The van der Waals surface area contributed by atoms with Gasteiger partial charge in [-0.2, -0.15) is 0 Å². The molecular weight excluding hydrogens is 360 g/mol. The van der Waals surface area contributed by atoms with Crippen LogP contribution in [0.25, 0.3) is 11.0 Å². The molecule has 0 amide bonds. The second kappa shape index (κ2) is 8.82. The fraction of sp³-hybridized carbons (Fsp3) is 0.240. The average molecular weight is 386 g/mol. The Bertz CT molecular complexity index is 1080. The van der Waals surface area contributed by atoms with Crippen LogP contribution in [0.4, 0.5) is 0 Å². The molecule has 0 aliphatic carbocycles. The normalized spacial score (nSPS) is 11.0. The average Bonchev–Trinajstić information content (AvgIpc) is 3.11. The highest BCUT2D eigenvalue weighted by Gasteiger charge is 2.12. The third kappa shape index (κ3) is 4.43. The highest BCUT2D eigenvalue weighted by atomic mass is 16.5. The third-order valence-electron chi connectivity index (χ3n) is 5.10. The zero-order valence-corrected chi connectivity index (χ0v) is 17.0. The number of hydrogen-bond acceptors (Lipinski definition) is 3. The Kier molecular flexibility index (Phi) is 5.80. The maximum atomic E-state index is 6.06. The maximum absolute atomic E-state index is 6.06. The van der Waals surface area contributed by atoms with Gasteiger partial charge in [-0.25, -0.2) is 4.98 Å². The minimum absolute atomic E-state index is 0.421. The molecule has 4 rings (SSSR count). The van der Waals surface area contributed by atoms with E-state index in [-0.39, 0.29) is 0 Å². The van der Waals surface area contributed by atoms with Gasteiger partial charge in [0.05, 0.1) is 17.6 Å². The molecule has 0 atom stereocenters. The quantitative estimate of drug-likeness (QED) is 0.397. The SMILES string of the molecule is CCc1ccc(OCCn2c(COc3ccccc3C)nc3ccccc32)cc1. The molecule has 0 N–H and O–H groups in total. The first-order chi connectivity index (χ1) is 14.2. The molecule has 0 bridgehead atoms. The number of nitrogens with zero attached hydrogens (tertiary/aromatic N) is 2. The van der Waals surface area contributed by atoms with Crippen LogP contribution in [0.15, 0.2) is 72.8 Å². The van der Waals surface area contributed by atoms with Gasteiger partial charge in [-0.05, 0) is 54.8 Å². The third-order valence-corrected chi connectivity index (χ3v) is 5.10. The van der Waals surface area contributed by atoms with Crippen molar-refractivity contribution in [3.8, 4) is 11.5 Å². The largest absolute Gasteiger partial charge is 0.492 e. The molecule has 0 aliphatic heterocycles. The van der Waals surface area contributed by atoms with Crippen molar-refractivity contribution in [2.45, 2.75) is 33.4 Å². The second-order valence-electron chi connectivity index (χ2n) is 7.07. The fourth-order valence-electron chi connectivity index (χ4n) is 3.42. The van der Waals surface area contributed by atoms with Crippen LogP contribution in [0.3, 0.4) is 0 Å². The molecule has 0 spiro atoms. The van der Waals surface area contributed by atoms with Gasteiger partial charge in [0.2, 0.25) is 0 Å². The number of aromatic nitrogens is 2. The van der Waals surface area contributed by atoms with Gasteiger partial charge in [-0.15, -0.1) is 0 Å². The zero-order valence-electron chi connectivity index (χ0n) is 17.0. The van der Waals surface area contributed by atoms with Crippen LogP contribution in [0.1, 0.15) is 23.9 Å². The summed E-state index contributed by atoms with van der Waals surface area (Å²) in [5.41, 5.74) is 4.51. The molecule has 0 radical (unpaired) electrons. The standard InChI is InChI=1S/C25H26N2O2/c1-3-20-12-14-21(15-13-20)28-17-16-27-23-10-6-5-9-22(23)26-25(27)18-29-24-11-7-4-8-19(24)2/h4-15H,3,16-18H2,1-2H3. The van der Waals surface area contributed by atoms with Gasteiger partial charge in [0.25, 0.3) is 0 Å². The van der Waals surface area contributed by atoms with Crippen LogP contribution in [0.5, 0.6) is 11.5 Å². The molecule has 1 aromatic heterocycles. The molecule has 4 heteroatoms. The van der Waals surface area contributed by atoms with Crippen molar-refractivity contribution in [3.05, 3.63) is 89.7 Å². The Morgan fingerprint density at radius 2 is 1.62 bits per heavy atom. The lowest BCUT2D eigenvalue weighted by atomic mass is 10.2. The Morgan fingerprint density at radius 1 is 0.862 bits per heavy atom. The number of hydrogen-bond donors (Lipinski definition) is 0. The summed E-state index contributed by atoms with van der Waals surface area (Å²) in [7, 11) is 0. The number of fused-ring (bicyclic) bond motifs is 1. The molecule has 0 saturated carbocycles. The molecule has 1 heterocycles. The van der Waals surface area contributed by atoms with Crippen LogP contribution >= 0.6 is 0 Å². The van der Waals surface area contributed by atoms with E-state index in [1.807, 2.05) is 48.5 Å². The van der Waals surface area contributed by atoms with Crippen LogP contribution in [-0.2, 0) is 19.6 Å². The molecule has 0 aliphatic rings. The molecule has 29 heavy (non-hydrogen) atoms. The van der Waals surface area contributed by atoms with Gasteiger partial charge in [-0.3, -0.25) is 0 Å². The Hall–Kier alpha value is -3.27. The monoisotopic (exact) mass is 386 g/mol. The number of ether oxygens (including phenoxy) is 2. The summed E-state index contributed by atoms with van der Waals surface area (Å²) >= 11 is 0. The lowest BCUT2D eigenvalue weighted by Gasteiger charge is -2.13. The van der Waals surface area contributed by atoms with E-state index in [9.17, 15) is 0 Å². The van der Waals surface area contributed by atoms with Gasteiger partial charge >= 0.3 is 0 Å². The van der Waals surface area contributed by atoms with Crippen molar-refractivity contribution in [2.75, 3.05) is 6.61 Å². The number of para-hydroxylation sites is 3. The maximum Gasteiger partial charge on any atom is 0.148 e. The number of rotatable bonds is 8. The Balaban J connectivity index is 1.49. The van der Waals surface area contributed by atoms with Crippen LogP contribution in [0.2, 0.25) is 0 Å². The second-order valence-corrected chi connectivity index (χ2v) is 7.07. The van der Waals surface area contributed by atoms with Gasteiger partial charge < -0.3 is 14.0 Å². The van der Waals surface area contributed by atoms with Gasteiger partial charge in [0, 0.05) is 0 Å².